The quantitative estimate of drug-likeness (QED) is 0.672. The Labute approximate surface area is 107 Å². The van der Waals surface area contributed by atoms with Gasteiger partial charge in [-0.2, -0.15) is 5.26 Å². The molecule has 0 aromatic rings. The summed E-state index contributed by atoms with van der Waals surface area (Å²) in [6, 6.07) is 2.43. The highest BCUT2D eigenvalue weighted by Gasteiger charge is 2.54. The summed E-state index contributed by atoms with van der Waals surface area (Å²) in [5.41, 5.74) is 6.88. The predicted octanol–water partition coefficient (Wildman–Crippen LogP) is 1.16. The van der Waals surface area contributed by atoms with Gasteiger partial charge in [-0.3, -0.25) is 15.6 Å². The number of carbonyl (C=O) groups excluding carboxylic acids is 1. The Morgan fingerprint density at radius 1 is 1.50 bits per heavy atom. The number of hydrogen-bond donors (Lipinski definition) is 2. The summed E-state index contributed by atoms with van der Waals surface area (Å²) in [4.78, 5) is 12.1. The van der Waals surface area contributed by atoms with E-state index < -0.39 is 0 Å². The Morgan fingerprint density at radius 2 is 2.28 bits per heavy atom. The van der Waals surface area contributed by atoms with Crippen molar-refractivity contribution in [1.82, 2.24) is 10.9 Å². The Hall–Kier alpha value is -1.18. The fourth-order valence-electron chi connectivity index (χ4n) is 4.29. The van der Waals surface area contributed by atoms with Crippen molar-refractivity contribution in [2.75, 3.05) is 6.54 Å². The molecule has 1 saturated carbocycles. The van der Waals surface area contributed by atoms with E-state index in [-0.39, 0.29) is 17.1 Å². The van der Waals surface area contributed by atoms with Crippen LogP contribution in [-0.4, -0.2) is 18.4 Å². The lowest BCUT2D eigenvalue weighted by Gasteiger charge is -2.50. The molecular formula is C14H19N3O. The zero-order valence-corrected chi connectivity index (χ0v) is 10.9. The van der Waals surface area contributed by atoms with Crippen molar-refractivity contribution < 1.29 is 4.79 Å². The molecule has 0 aromatic carbocycles. The van der Waals surface area contributed by atoms with E-state index in [1.807, 2.05) is 13.0 Å². The summed E-state index contributed by atoms with van der Waals surface area (Å²) in [6.45, 7) is 5.18. The largest absolute Gasteiger partial charge is 0.293 e. The predicted molar refractivity (Wildman–Crippen MR) is 67.1 cm³/mol. The van der Waals surface area contributed by atoms with Crippen molar-refractivity contribution in [3.63, 3.8) is 0 Å². The molecule has 4 nitrogen and oxygen atoms in total. The Kier molecular flexibility index (Phi) is 2.58. The molecule has 0 bridgehead atoms. The first kappa shape index (κ1) is 11.9. The van der Waals surface area contributed by atoms with Gasteiger partial charge >= 0.3 is 0 Å². The van der Waals surface area contributed by atoms with E-state index in [1.165, 1.54) is 0 Å². The minimum Gasteiger partial charge on any atom is -0.293 e. The molecule has 4 heteroatoms. The number of hydrazine groups is 1. The van der Waals surface area contributed by atoms with Gasteiger partial charge in [-0.25, -0.2) is 0 Å². The summed E-state index contributed by atoms with van der Waals surface area (Å²) >= 11 is 0. The third-order valence-electron chi connectivity index (χ3n) is 5.27. The maximum Gasteiger partial charge on any atom is 0.176 e. The SMILES string of the molecule is C[C@H]1C(=O)C(C#N)=C[C@@]2(C)C3NNCC3CC[C@H]12. The third kappa shape index (κ3) is 1.41. The molecule has 2 N–H and O–H groups in total. The average molecular weight is 245 g/mol. The van der Waals surface area contributed by atoms with E-state index in [2.05, 4.69) is 23.8 Å². The number of ketones is 1. The molecule has 1 aliphatic heterocycles. The van der Waals surface area contributed by atoms with Crippen LogP contribution >= 0.6 is 0 Å². The van der Waals surface area contributed by atoms with Crippen molar-refractivity contribution in [3.05, 3.63) is 11.6 Å². The monoisotopic (exact) mass is 245 g/mol. The zero-order valence-electron chi connectivity index (χ0n) is 10.9. The molecule has 0 spiro atoms. The molecule has 2 unspecified atom stereocenters. The highest BCUT2D eigenvalue weighted by molar-refractivity contribution is 6.01. The lowest BCUT2D eigenvalue weighted by molar-refractivity contribution is -0.124. The fraction of sp³-hybridized carbons (Fsp3) is 0.714. The minimum absolute atomic E-state index is 0.0296. The van der Waals surface area contributed by atoms with Crippen LogP contribution in [0.25, 0.3) is 0 Å². The second kappa shape index (κ2) is 3.91. The molecule has 5 atom stereocenters. The van der Waals surface area contributed by atoms with Crippen LogP contribution in [0.5, 0.6) is 0 Å². The number of nitriles is 1. The van der Waals surface area contributed by atoms with Gasteiger partial charge in [-0.1, -0.05) is 19.9 Å². The fourth-order valence-corrected chi connectivity index (χ4v) is 4.29. The van der Waals surface area contributed by atoms with E-state index in [0.717, 1.165) is 19.4 Å². The third-order valence-corrected chi connectivity index (χ3v) is 5.27. The van der Waals surface area contributed by atoms with Crippen molar-refractivity contribution in [3.8, 4) is 6.07 Å². The van der Waals surface area contributed by atoms with Gasteiger partial charge in [0.05, 0.1) is 5.57 Å². The topological polar surface area (TPSA) is 64.9 Å². The van der Waals surface area contributed by atoms with Crippen LogP contribution < -0.4 is 10.9 Å². The summed E-state index contributed by atoms with van der Waals surface area (Å²) in [6.07, 6.45) is 4.19. The molecule has 0 amide bonds. The number of fused-ring (bicyclic) bond motifs is 3. The van der Waals surface area contributed by atoms with E-state index in [0.29, 0.717) is 23.5 Å². The minimum atomic E-state index is -0.0786. The molecule has 0 aromatic heterocycles. The van der Waals surface area contributed by atoms with Gasteiger partial charge in [0.1, 0.15) is 6.07 Å². The molecule has 18 heavy (non-hydrogen) atoms. The Balaban J connectivity index is 2.07. The first-order valence-corrected chi connectivity index (χ1v) is 6.73. The molecular weight excluding hydrogens is 226 g/mol. The molecule has 2 fully saturated rings. The second-order valence-electron chi connectivity index (χ2n) is 6.14. The van der Waals surface area contributed by atoms with Gasteiger partial charge in [0.15, 0.2) is 5.78 Å². The Morgan fingerprint density at radius 3 is 3.00 bits per heavy atom. The number of nitrogens with one attached hydrogen (secondary N) is 2. The van der Waals surface area contributed by atoms with Crippen molar-refractivity contribution in [2.45, 2.75) is 32.7 Å². The molecule has 1 heterocycles. The molecule has 2 aliphatic carbocycles. The highest BCUT2D eigenvalue weighted by atomic mass is 16.1. The van der Waals surface area contributed by atoms with Crippen LogP contribution in [0.3, 0.4) is 0 Å². The second-order valence-corrected chi connectivity index (χ2v) is 6.14. The summed E-state index contributed by atoms with van der Waals surface area (Å²) < 4.78 is 0. The van der Waals surface area contributed by atoms with Crippen LogP contribution in [0, 0.1) is 34.5 Å². The number of hydrogen-bond acceptors (Lipinski definition) is 4. The van der Waals surface area contributed by atoms with Gasteiger partial charge in [0.25, 0.3) is 0 Å². The van der Waals surface area contributed by atoms with Gasteiger partial charge in [0, 0.05) is 23.9 Å². The first-order valence-electron chi connectivity index (χ1n) is 6.73. The van der Waals surface area contributed by atoms with Gasteiger partial charge in [-0.15, -0.1) is 0 Å². The van der Waals surface area contributed by atoms with Crippen molar-refractivity contribution in [1.29, 1.82) is 5.26 Å². The standard InChI is InChI=1S/C14H19N3O/c1-8-11-4-3-9-7-16-17-13(9)14(11,2)5-10(6-15)12(8)18/h5,8-9,11,13,16-17H,3-4,7H2,1-2H3/t8-,9?,11-,13?,14-/m1/s1. The smallest absolute Gasteiger partial charge is 0.176 e. The van der Waals surface area contributed by atoms with Gasteiger partial charge in [-0.05, 0) is 24.7 Å². The van der Waals surface area contributed by atoms with Crippen LogP contribution in [0.2, 0.25) is 0 Å². The number of Topliss-reactive ketones (excluding diaryl/α,β-unsaturated/α-hetero) is 1. The summed E-state index contributed by atoms with van der Waals surface area (Å²) in [7, 11) is 0. The normalized spacial score (nSPS) is 46.9. The number of nitrogens with zero attached hydrogens (tertiary/aromatic N) is 1. The number of rotatable bonds is 0. The highest BCUT2D eigenvalue weighted by Crippen LogP contribution is 2.52. The molecule has 96 valence electrons. The zero-order chi connectivity index (χ0) is 12.9. The van der Waals surface area contributed by atoms with Crippen LogP contribution in [0.4, 0.5) is 0 Å². The van der Waals surface area contributed by atoms with E-state index in [4.69, 9.17) is 5.26 Å². The van der Waals surface area contributed by atoms with Crippen LogP contribution in [-0.2, 0) is 4.79 Å². The number of carbonyl (C=O) groups is 1. The van der Waals surface area contributed by atoms with Crippen molar-refractivity contribution in [2.24, 2.45) is 23.2 Å². The van der Waals surface area contributed by atoms with Gasteiger partial charge < -0.3 is 0 Å². The van der Waals surface area contributed by atoms with Crippen LogP contribution in [0.1, 0.15) is 26.7 Å². The van der Waals surface area contributed by atoms with Crippen LogP contribution in [0.15, 0.2) is 11.6 Å². The summed E-state index contributed by atoms with van der Waals surface area (Å²) in [5.74, 6) is 0.973. The maximum atomic E-state index is 12.1. The number of allylic oxidation sites excluding steroid dienone is 1. The lowest BCUT2D eigenvalue weighted by Crippen LogP contribution is -2.55. The van der Waals surface area contributed by atoms with E-state index >= 15 is 0 Å². The Bertz CT molecular complexity index is 464. The summed E-state index contributed by atoms with van der Waals surface area (Å²) in [5, 5.41) is 9.15. The molecule has 3 rings (SSSR count). The van der Waals surface area contributed by atoms with E-state index in [9.17, 15) is 4.79 Å². The maximum absolute atomic E-state index is 12.1. The molecule has 1 saturated heterocycles. The molecule has 0 radical (unpaired) electrons. The van der Waals surface area contributed by atoms with E-state index in [1.54, 1.807) is 0 Å². The average Bonchev–Trinajstić information content (AvgIpc) is 2.83. The first-order chi connectivity index (χ1) is 8.58. The lowest BCUT2D eigenvalue weighted by atomic mass is 9.54. The van der Waals surface area contributed by atoms with Crippen molar-refractivity contribution >= 4 is 5.78 Å². The molecule has 3 aliphatic rings. The van der Waals surface area contributed by atoms with Gasteiger partial charge in [0.2, 0.25) is 0 Å².